The minimum absolute atomic E-state index is 0.260. The van der Waals surface area contributed by atoms with Gasteiger partial charge in [-0.05, 0) is 34.6 Å². The zero-order valence-corrected chi connectivity index (χ0v) is 10.2. The van der Waals surface area contributed by atoms with Crippen LogP contribution < -0.4 is 0 Å². The van der Waals surface area contributed by atoms with Gasteiger partial charge in [0.15, 0.2) is 0 Å². The molecule has 5 heteroatoms. The van der Waals surface area contributed by atoms with Crippen LogP contribution in [0.5, 0.6) is 0 Å². The lowest BCUT2D eigenvalue weighted by molar-refractivity contribution is -0.188. The van der Waals surface area contributed by atoms with Crippen molar-refractivity contribution in [3.05, 3.63) is 0 Å². The van der Waals surface area contributed by atoms with Gasteiger partial charge in [-0.3, -0.25) is 4.79 Å². The van der Waals surface area contributed by atoms with Gasteiger partial charge in [0.1, 0.15) is 5.60 Å². The SMILES string of the molecule is CC(=O)ON(C(=O)OC(C)(C)C)C(C)C. The standard InChI is InChI=1S/C10H19NO4/c1-7(2)11(15-8(3)12)9(13)14-10(4,5)6/h7H,1-6H3. The molecule has 0 aromatic rings. The normalized spacial score (nSPS) is 11.1. The van der Waals surface area contributed by atoms with Crippen molar-refractivity contribution in [3.8, 4) is 0 Å². The number of carbonyl (C=O) groups excluding carboxylic acids is 2. The van der Waals surface area contributed by atoms with E-state index in [0.717, 1.165) is 5.06 Å². The lowest BCUT2D eigenvalue weighted by Gasteiger charge is -2.27. The van der Waals surface area contributed by atoms with Crippen molar-refractivity contribution in [1.82, 2.24) is 5.06 Å². The van der Waals surface area contributed by atoms with Crippen molar-refractivity contribution in [2.45, 2.75) is 53.2 Å². The number of rotatable bonds is 1. The molecule has 0 fully saturated rings. The van der Waals surface area contributed by atoms with Gasteiger partial charge in [-0.15, -0.1) is 5.06 Å². The summed E-state index contributed by atoms with van der Waals surface area (Å²) in [5.41, 5.74) is -0.607. The minimum Gasteiger partial charge on any atom is -0.442 e. The Kier molecular flexibility index (Phi) is 4.58. The van der Waals surface area contributed by atoms with Crippen molar-refractivity contribution in [3.63, 3.8) is 0 Å². The van der Waals surface area contributed by atoms with Crippen molar-refractivity contribution in [2.75, 3.05) is 0 Å². The van der Waals surface area contributed by atoms with E-state index in [1.165, 1.54) is 6.92 Å². The molecule has 0 atom stereocenters. The maximum Gasteiger partial charge on any atom is 0.444 e. The van der Waals surface area contributed by atoms with Crippen LogP contribution in [0.15, 0.2) is 0 Å². The largest absolute Gasteiger partial charge is 0.444 e. The first-order valence-corrected chi connectivity index (χ1v) is 4.84. The second-order valence-corrected chi connectivity index (χ2v) is 4.48. The summed E-state index contributed by atoms with van der Waals surface area (Å²) in [6.07, 6.45) is -0.660. The molecule has 15 heavy (non-hydrogen) atoms. The lowest BCUT2D eigenvalue weighted by Crippen LogP contribution is -2.41. The molecule has 0 saturated carbocycles. The Morgan fingerprint density at radius 3 is 1.93 bits per heavy atom. The molecule has 5 nitrogen and oxygen atoms in total. The van der Waals surface area contributed by atoms with E-state index < -0.39 is 17.7 Å². The van der Waals surface area contributed by atoms with E-state index in [4.69, 9.17) is 9.57 Å². The van der Waals surface area contributed by atoms with Gasteiger partial charge in [-0.1, -0.05) is 0 Å². The quantitative estimate of drug-likeness (QED) is 0.631. The van der Waals surface area contributed by atoms with Crippen LogP contribution in [0.3, 0.4) is 0 Å². The van der Waals surface area contributed by atoms with Gasteiger partial charge in [0, 0.05) is 6.92 Å². The smallest absolute Gasteiger partial charge is 0.442 e. The maximum atomic E-state index is 11.6. The molecule has 0 heterocycles. The molecular weight excluding hydrogens is 198 g/mol. The predicted molar refractivity (Wildman–Crippen MR) is 55.0 cm³/mol. The molecular formula is C10H19NO4. The van der Waals surface area contributed by atoms with E-state index in [1.54, 1.807) is 34.6 Å². The number of hydrogen-bond donors (Lipinski definition) is 0. The molecule has 0 spiro atoms. The molecule has 0 rings (SSSR count). The maximum absolute atomic E-state index is 11.6. The highest BCUT2D eigenvalue weighted by Gasteiger charge is 2.26. The summed E-state index contributed by atoms with van der Waals surface area (Å²) in [4.78, 5) is 27.1. The summed E-state index contributed by atoms with van der Waals surface area (Å²) in [7, 11) is 0. The fourth-order valence-electron chi connectivity index (χ4n) is 0.799. The average molecular weight is 217 g/mol. The first-order valence-electron chi connectivity index (χ1n) is 4.84. The van der Waals surface area contributed by atoms with Crippen LogP contribution in [0.25, 0.3) is 0 Å². The Morgan fingerprint density at radius 1 is 1.20 bits per heavy atom. The summed E-state index contributed by atoms with van der Waals surface area (Å²) < 4.78 is 5.07. The van der Waals surface area contributed by atoms with E-state index >= 15 is 0 Å². The molecule has 0 saturated heterocycles. The Labute approximate surface area is 90.3 Å². The van der Waals surface area contributed by atoms with E-state index in [1.807, 2.05) is 0 Å². The number of ether oxygens (including phenoxy) is 1. The molecule has 1 amide bonds. The van der Waals surface area contributed by atoms with Gasteiger partial charge >= 0.3 is 12.1 Å². The monoisotopic (exact) mass is 217 g/mol. The van der Waals surface area contributed by atoms with E-state index in [0.29, 0.717) is 0 Å². The molecule has 0 bridgehead atoms. The Bertz CT molecular complexity index is 242. The van der Waals surface area contributed by atoms with Gasteiger partial charge in [0.2, 0.25) is 0 Å². The molecule has 0 unspecified atom stereocenters. The van der Waals surface area contributed by atoms with Gasteiger partial charge in [-0.25, -0.2) is 4.79 Å². The zero-order valence-electron chi connectivity index (χ0n) is 10.2. The highest BCUT2D eigenvalue weighted by atomic mass is 16.8. The van der Waals surface area contributed by atoms with Crippen molar-refractivity contribution < 1.29 is 19.2 Å². The second kappa shape index (κ2) is 5.00. The highest BCUT2D eigenvalue weighted by molar-refractivity contribution is 5.72. The Hall–Kier alpha value is -1.26. The summed E-state index contributed by atoms with van der Waals surface area (Å²) in [6, 6.07) is -0.260. The van der Waals surface area contributed by atoms with Crippen LogP contribution in [0.2, 0.25) is 0 Å². The summed E-state index contributed by atoms with van der Waals surface area (Å²) in [5.74, 6) is -0.547. The third-order valence-corrected chi connectivity index (χ3v) is 1.27. The van der Waals surface area contributed by atoms with Gasteiger partial charge in [0.25, 0.3) is 0 Å². The molecule has 0 radical (unpaired) electrons. The minimum atomic E-state index is -0.660. The molecule has 0 aromatic carbocycles. The summed E-state index contributed by atoms with van der Waals surface area (Å²) >= 11 is 0. The van der Waals surface area contributed by atoms with E-state index in [2.05, 4.69) is 0 Å². The van der Waals surface area contributed by atoms with Gasteiger partial charge in [-0.2, -0.15) is 0 Å². The van der Waals surface area contributed by atoms with Gasteiger partial charge < -0.3 is 9.57 Å². The van der Waals surface area contributed by atoms with E-state index in [9.17, 15) is 9.59 Å². The third-order valence-electron chi connectivity index (χ3n) is 1.27. The topological polar surface area (TPSA) is 55.8 Å². The number of hydroxylamine groups is 2. The van der Waals surface area contributed by atoms with Crippen molar-refractivity contribution in [1.29, 1.82) is 0 Å². The molecule has 88 valence electrons. The molecule has 0 aliphatic rings. The number of hydrogen-bond acceptors (Lipinski definition) is 4. The average Bonchev–Trinajstić information content (AvgIpc) is 1.95. The predicted octanol–water partition coefficient (Wildman–Crippen LogP) is 2.11. The van der Waals surface area contributed by atoms with Crippen molar-refractivity contribution in [2.24, 2.45) is 0 Å². The second-order valence-electron chi connectivity index (χ2n) is 4.48. The fourth-order valence-corrected chi connectivity index (χ4v) is 0.799. The van der Waals surface area contributed by atoms with Crippen LogP contribution in [-0.2, 0) is 14.4 Å². The van der Waals surface area contributed by atoms with Crippen LogP contribution in [0, 0.1) is 0 Å². The first-order chi connectivity index (χ1) is 6.63. The lowest BCUT2D eigenvalue weighted by atomic mass is 10.2. The zero-order chi connectivity index (χ0) is 12.2. The first kappa shape index (κ1) is 13.7. The highest BCUT2D eigenvalue weighted by Crippen LogP contribution is 2.12. The molecule has 0 aromatic heterocycles. The van der Waals surface area contributed by atoms with Crippen LogP contribution in [-0.4, -0.2) is 28.8 Å². The molecule has 0 aliphatic heterocycles. The van der Waals surface area contributed by atoms with Crippen molar-refractivity contribution >= 4 is 12.1 Å². The Balaban J connectivity index is 4.50. The van der Waals surface area contributed by atoms with Crippen LogP contribution in [0.1, 0.15) is 41.5 Å². The Morgan fingerprint density at radius 2 is 1.67 bits per heavy atom. The number of carbonyl (C=O) groups is 2. The summed E-state index contributed by atoms with van der Waals surface area (Å²) in [6.45, 7) is 9.94. The molecule has 0 aliphatic carbocycles. The van der Waals surface area contributed by atoms with Crippen LogP contribution in [0.4, 0.5) is 4.79 Å². The number of nitrogens with zero attached hydrogens (tertiary/aromatic N) is 1. The number of amides is 1. The van der Waals surface area contributed by atoms with Crippen LogP contribution >= 0.6 is 0 Å². The van der Waals surface area contributed by atoms with Gasteiger partial charge in [0.05, 0.1) is 6.04 Å². The fraction of sp³-hybridized carbons (Fsp3) is 0.800. The summed E-state index contributed by atoms with van der Waals surface area (Å²) in [5, 5.41) is 0.924. The third kappa shape index (κ3) is 5.93. The van der Waals surface area contributed by atoms with E-state index in [-0.39, 0.29) is 6.04 Å². The molecule has 0 N–H and O–H groups in total.